The molecule has 4 nitrogen and oxygen atoms in total. The predicted octanol–water partition coefficient (Wildman–Crippen LogP) is 0.948. The van der Waals surface area contributed by atoms with Gasteiger partial charge in [-0.25, -0.2) is 13.2 Å². The second-order valence-electron chi connectivity index (χ2n) is 3.54. The van der Waals surface area contributed by atoms with Crippen molar-refractivity contribution in [1.29, 1.82) is 0 Å². The number of aliphatic hydroxyl groups is 1. The van der Waals surface area contributed by atoms with Crippen molar-refractivity contribution in [3.05, 3.63) is 30.1 Å². The molecule has 1 amide bonds. The first kappa shape index (κ1) is 14.3. The van der Waals surface area contributed by atoms with Crippen LogP contribution in [0.2, 0.25) is 0 Å². The Morgan fingerprint density at radius 3 is 2.78 bits per heavy atom. The largest absolute Gasteiger partial charge is 0.484 e. The van der Waals surface area contributed by atoms with E-state index < -0.39 is 37.4 Å². The Balaban J connectivity index is 2.34. The van der Waals surface area contributed by atoms with Gasteiger partial charge < -0.3 is 15.2 Å². The van der Waals surface area contributed by atoms with Crippen molar-refractivity contribution in [3.8, 4) is 5.75 Å². The standard InChI is InChI=1S/C11H12F3NO3/c12-8-2-1-3-9(4-8)18-5-10(17)15-6-11(13,14)7-16/h1-4,16H,5-7H2,(H,15,17). The maximum Gasteiger partial charge on any atom is 0.287 e. The van der Waals surface area contributed by atoms with Crippen LogP contribution >= 0.6 is 0 Å². The van der Waals surface area contributed by atoms with E-state index in [1.165, 1.54) is 18.2 Å². The van der Waals surface area contributed by atoms with Crippen molar-refractivity contribution in [2.24, 2.45) is 0 Å². The maximum atomic E-state index is 12.7. The average molecular weight is 263 g/mol. The van der Waals surface area contributed by atoms with Gasteiger partial charge >= 0.3 is 0 Å². The Labute approximate surface area is 101 Å². The third-order valence-corrected chi connectivity index (χ3v) is 1.94. The van der Waals surface area contributed by atoms with Gasteiger partial charge in [-0.3, -0.25) is 4.79 Å². The van der Waals surface area contributed by atoms with Gasteiger partial charge in [0.05, 0.1) is 6.54 Å². The number of nitrogens with one attached hydrogen (secondary N) is 1. The minimum atomic E-state index is -3.37. The zero-order chi connectivity index (χ0) is 13.6. The van der Waals surface area contributed by atoms with Crippen molar-refractivity contribution in [2.75, 3.05) is 19.8 Å². The summed E-state index contributed by atoms with van der Waals surface area (Å²) in [5, 5.41) is 10.2. The lowest BCUT2D eigenvalue weighted by atomic mass is 10.3. The highest BCUT2D eigenvalue weighted by atomic mass is 19.3. The fourth-order valence-corrected chi connectivity index (χ4v) is 1.04. The van der Waals surface area contributed by atoms with Crippen molar-refractivity contribution in [1.82, 2.24) is 5.32 Å². The highest BCUT2D eigenvalue weighted by molar-refractivity contribution is 5.77. The zero-order valence-corrected chi connectivity index (χ0v) is 9.33. The molecule has 0 saturated carbocycles. The number of hydrogen-bond acceptors (Lipinski definition) is 3. The summed E-state index contributed by atoms with van der Waals surface area (Å²) in [6.07, 6.45) is 0. The summed E-state index contributed by atoms with van der Waals surface area (Å²) in [7, 11) is 0. The Bertz CT molecular complexity index is 412. The number of ether oxygens (including phenoxy) is 1. The molecule has 0 radical (unpaired) electrons. The number of rotatable bonds is 6. The molecule has 0 atom stereocenters. The van der Waals surface area contributed by atoms with Gasteiger partial charge in [-0.05, 0) is 12.1 Å². The summed E-state index contributed by atoms with van der Waals surface area (Å²) in [6.45, 7) is -2.84. The van der Waals surface area contributed by atoms with Crippen LogP contribution in [0.5, 0.6) is 5.75 Å². The molecule has 0 aromatic heterocycles. The molecule has 1 rings (SSSR count). The van der Waals surface area contributed by atoms with Crippen LogP contribution in [0, 0.1) is 5.82 Å². The molecule has 1 aromatic rings. The topological polar surface area (TPSA) is 58.6 Å². The Morgan fingerprint density at radius 1 is 1.44 bits per heavy atom. The Morgan fingerprint density at radius 2 is 2.17 bits per heavy atom. The summed E-state index contributed by atoms with van der Waals surface area (Å²) in [5.74, 6) is -4.56. The molecule has 18 heavy (non-hydrogen) atoms. The van der Waals surface area contributed by atoms with Crippen molar-refractivity contribution in [2.45, 2.75) is 5.92 Å². The fourth-order valence-electron chi connectivity index (χ4n) is 1.04. The zero-order valence-electron chi connectivity index (χ0n) is 9.33. The van der Waals surface area contributed by atoms with Gasteiger partial charge in [0.25, 0.3) is 11.8 Å². The Kier molecular flexibility index (Phi) is 4.96. The molecule has 0 spiro atoms. The second-order valence-corrected chi connectivity index (χ2v) is 3.54. The third-order valence-electron chi connectivity index (χ3n) is 1.94. The number of halogens is 3. The van der Waals surface area contributed by atoms with Gasteiger partial charge in [-0.15, -0.1) is 0 Å². The number of aliphatic hydroxyl groups excluding tert-OH is 1. The molecular weight excluding hydrogens is 251 g/mol. The molecule has 7 heteroatoms. The summed E-state index contributed by atoms with van der Waals surface area (Å²) in [5.41, 5.74) is 0. The van der Waals surface area contributed by atoms with Gasteiger partial charge in [0.1, 0.15) is 18.2 Å². The highest BCUT2D eigenvalue weighted by Gasteiger charge is 2.28. The average Bonchev–Trinajstić information content (AvgIpc) is 2.34. The van der Waals surface area contributed by atoms with Gasteiger partial charge in [0, 0.05) is 6.07 Å². The minimum absolute atomic E-state index is 0.124. The first-order valence-electron chi connectivity index (χ1n) is 5.07. The van der Waals surface area contributed by atoms with E-state index in [1.807, 2.05) is 5.32 Å². The van der Waals surface area contributed by atoms with Gasteiger partial charge in [-0.2, -0.15) is 0 Å². The minimum Gasteiger partial charge on any atom is -0.484 e. The van der Waals surface area contributed by atoms with Crippen molar-refractivity contribution in [3.63, 3.8) is 0 Å². The monoisotopic (exact) mass is 263 g/mol. The lowest BCUT2D eigenvalue weighted by molar-refractivity contribution is -0.126. The predicted molar refractivity (Wildman–Crippen MR) is 56.9 cm³/mol. The molecule has 0 aliphatic heterocycles. The summed E-state index contributed by atoms with van der Waals surface area (Å²) < 4.78 is 42.8. The number of hydrogen-bond donors (Lipinski definition) is 2. The van der Waals surface area contributed by atoms with Crippen LogP contribution in [0.3, 0.4) is 0 Å². The molecule has 0 aliphatic rings. The van der Waals surface area contributed by atoms with E-state index in [0.717, 1.165) is 6.07 Å². The fraction of sp³-hybridized carbons (Fsp3) is 0.364. The van der Waals surface area contributed by atoms with Gasteiger partial charge in [-0.1, -0.05) is 6.07 Å². The van der Waals surface area contributed by atoms with E-state index in [9.17, 15) is 18.0 Å². The Hall–Kier alpha value is -1.76. The van der Waals surface area contributed by atoms with Crippen LogP contribution in [-0.2, 0) is 4.79 Å². The van der Waals surface area contributed by atoms with E-state index >= 15 is 0 Å². The number of amides is 1. The normalized spacial score (nSPS) is 11.1. The molecule has 0 unspecified atom stereocenters. The smallest absolute Gasteiger partial charge is 0.287 e. The van der Waals surface area contributed by atoms with Crippen LogP contribution < -0.4 is 10.1 Å². The molecule has 0 fully saturated rings. The molecule has 0 aliphatic carbocycles. The van der Waals surface area contributed by atoms with Crippen molar-refractivity contribution < 1.29 is 27.8 Å². The molecule has 0 bridgehead atoms. The second kappa shape index (κ2) is 6.25. The summed E-state index contributed by atoms with van der Waals surface area (Å²) >= 11 is 0. The first-order valence-corrected chi connectivity index (χ1v) is 5.07. The van der Waals surface area contributed by atoms with Gasteiger partial charge in [0.15, 0.2) is 6.61 Å². The van der Waals surface area contributed by atoms with Crippen molar-refractivity contribution >= 4 is 5.91 Å². The van der Waals surface area contributed by atoms with Crippen LogP contribution in [0.25, 0.3) is 0 Å². The lowest BCUT2D eigenvalue weighted by Gasteiger charge is -2.14. The molecule has 0 heterocycles. The van der Waals surface area contributed by atoms with Crippen LogP contribution in [0.4, 0.5) is 13.2 Å². The van der Waals surface area contributed by atoms with Crippen LogP contribution in [0.15, 0.2) is 24.3 Å². The van der Waals surface area contributed by atoms with E-state index in [-0.39, 0.29) is 5.75 Å². The lowest BCUT2D eigenvalue weighted by Crippen LogP contribution is -2.40. The van der Waals surface area contributed by atoms with E-state index in [2.05, 4.69) is 0 Å². The first-order chi connectivity index (χ1) is 8.43. The van der Waals surface area contributed by atoms with Crippen LogP contribution in [-0.4, -0.2) is 36.7 Å². The molecule has 0 saturated heterocycles. The van der Waals surface area contributed by atoms with Gasteiger partial charge in [0.2, 0.25) is 0 Å². The number of carbonyl (C=O) groups excluding carboxylic acids is 1. The highest BCUT2D eigenvalue weighted by Crippen LogP contribution is 2.12. The summed E-state index contributed by atoms with van der Waals surface area (Å²) in [6, 6.07) is 5.09. The van der Waals surface area contributed by atoms with Crippen LogP contribution in [0.1, 0.15) is 0 Å². The number of carbonyl (C=O) groups is 1. The number of alkyl halides is 2. The number of benzene rings is 1. The molecule has 2 N–H and O–H groups in total. The van der Waals surface area contributed by atoms with E-state index in [0.29, 0.717) is 0 Å². The summed E-state index contributed by atoms with van der Waals surface area (Å²) in [4.78, 5) is 11.1. The van der Waals surface area contributed by atoms with E-state index in [1.54, 1.807) is 0 Å². The SMILES string of the molecule is O=C(COc1cccc(F)c1)NCC(F)(F)CO. The van der Waals surface area contributed by atoms with E-state index in [4.69, 9.17) is 9.84 Å². The maximum absolute atomic E-state index is 12.7. The molecule has 100 valence electrons. The molecule has 1 aromatic carbocycles. The molecular formula is C11H12F3NO3. The quantitative estimate of drug-likeness (QED) is 0.803. The third kappa shape index (κ3) is 5.05.